The van der Waals surface area contributed by atoms with Gasteiger partial charge in [0.15, 0.2) is 0 Å². The van der Waals surface area contributed by atoms with Gasteiger partial charge in [-0.25, -0.2) is 4.39 Å². The third kappa shape index (κ3) is 2.42. The highest BCUT2D eigenvalue weighted by Crippen LogP contribution is 2.26. The number of rotatable bonds is 2. The number of aromatic nitrogens is 2. The van der Waals surface area contributed by atoms with E-state index in [-0.39, 0.29) is 11.6 Å². The van der Waals surface area contributed by atoms with E-state index in [0.717, 1.165) is 0 Å². The molecule has 100 valence electrons. The zero-order valence-electron chi connectivity index (χ0n) is 10.0. The number of benzene rings is 2. The molecule has 3 rings (SSSR count). The van der Waals surface area contributed by atoms with Crippen molar-refractivity contribution in [2.24, 2.45) is 0 Å². The molecular weight excluding hydrogens is 327 g/mol. The highest BCUT2D eigenvalue weighted by Gasteiger charge is 2.12. The zero-order valence-corrected chi connectivity index (χ0v) is 11.6. The summed E-state index contributed by atoms with van der Waals surface area (Å²) in [6.45, 7) is 0. The first-order valence-corrected chi connectivity index (χ1v) is 6.51. The van der Waals surface area contributed by atoms with Gasteiger partial charge < -0.3 is 9.63 Å². The maximum Gasteiger partial charge on any atom is 0.258 e. The lowest BCUT2D eigenvalue weighted by atomic mass is 10.2. The first kappa shape index (κ1) is 12.8. The van der Waals surface area contributed by atoms with Crippen LogP contribution in [0.25, 0.3) is 22.8 Å². The van der Waals surface area contributed by atoms with Crippen molar-refractivity contribution in [3.8, 4) is 28.6 Å². The van der Waals surface area contributed by atoms with Crippen molar-refractivity contribution >= 4 is 15.9 Å². The van der Waals surface area contributed by atoms with E-state index in [0.29, 0.717) is 21.4 Å². The van der Waals surface area contributed by atoms with Gasteiger partial charge in [-0.3, -0.25) is 0 Å². The molecule has 0 aliphatic rings. The van der Waals surface area contributed by atoms with Crippen molar-refractivity contribution < 1.29 is 14.0 Å². The fraction of sp³-hybridized carbons (Fsp3) is 0. The van der Waals surface area contributed by atoms with E-state index >= 15 is 0 Å². The van der Waals surface area contributed by atoms with Crippen LogP contribution in [0.3, 0.4) is 0 Å². The lowest BCUT2D eigenvalue weighted by Gasteiger charge is -1.96. The fourth-order valence-electron chi connectivity index (χ4n) is 1.70. The minimum atomic E-state index is -0.396. The Kier molecular flexibility index (Phi) is 3.23. The Morgan fingerprint density at radius 1 is 1.05 bits per heavy atom. The second kappa shape index (κ2) is 5.05. The molecule has 0 radical (unpaired) electrons. The lowest BCUT2D eigenvalue weighted by Crippen LogP contribution is -1.83. The van der Waals surface area contributed by atoms with Crippen LogP contribution in [-0.4, -0.2) is 15.2 Å². The maximum atomic E-state index is 13.5. The molecule has 1 heterocycles. The van der Waals surface area contributed by atoms with Gasteiger partial charge in [-0.2, -0.15) is 4.98 Å². The zero-order chi connectivity index (χ0) is 14.1. The molecule has 0 unspecified atom stereocenters. The van der Waals surface area contributed by atoms with E-state index in [4.69, 9.17) is 4.52 Å². The Labute approximate surface area is 122 Å². The summed E-state index contributed by atoms with van der Waals surface area (Å²) >= 11 is 3.09. The van der Waals surface area contributed by atoms with Crippen molar-refractivity contribution in [1.29, 1.82) is 0 Å². The minimum absolute atomic E-state index is 0.160. The predicted molar refractivity (Wildman–Crippen MR) is 74.5 cm³/mol. The molecule has 1 N–H and O–H groups in total. The molecule has 0 fully saturated rings. The van der Waals surface area contributed by atoms with E-state index in [1.807, 2.05) is 0 Å². The molecule has 0 bridgehead atoms. The molecule has 0 atom stereocenters. The topological polar surface area (TPSA) is 59.2 Å². The van der Waals surface area contributed by atoms with E-state index in [1.165, 1.54) is 18.2 Å². The van der Waals surface area contributed by atoms with E-state index < -0.39 is 5.82 Å². The Bertz CT molecular complexity index is 756. The molecule has 0 saturated heterocycles. The first-order valence-electron chi connectivity index (χ1n) is 5.72. The average molecular weight is 335 g/mol. The van der Waals surface area contributed by atoms with Gasteiger partial charge in [-0.05, 0) is 58.4 Å². The van der Waals surface area contributed by atoms with Crippen LogP contribution in [0.15, 0.2) is 51.5 Å². The van der Waals surface area contributed by atoms with Crippen molar-refractivity contribution in [2.45, 2.75) is 0 Å². The summed E-state index contributed by atoms with van der Waals surface area (Å²) in [5, 5.41) is 13.1. The summed E-state index contributed by atoms with van der Waals surface area (Å²) in [5.74, 6) is 0.377. The number of nitrogens with zero attached hydrogens (tertiary/aromatic N) is 2. The lowest BCUT2D eigenvalue weighted by molar-refractivity contribution is 0.432. The fourth-order valence-corrected chi connectivity index (χ4v) is 1.94. The number of aromatic hydroxyl groups is 1. The van der Waals surface area contributed by atoms with Gasteiger partial charge in [-0.15, -0.1) is 0 Å². The van der Waals surface area contributed by atoms with Gasteiger partial charge in [0.05, 0.1) is 4.47 Å². The maximum absolute atomic E-state index is 13.5. The molecule has 2 aromatic carbocycles. The summed E-state index contributed by atoms with van der Waals surface area (Å²) in [6.07, 6.45) is 0. The molecule has 0 aliphatic heterocycles. The Hall–Kier alpha value is -2.21. The van der Waals surface area contributed by atoms with Gasteiger partial charge in [0.1, 0.15) is 11.6 Å². The molecule has 20 heavy (non-hydrogen) atoms. The number of hydrogen-bond acceptors (Lipinski definition) is 4. The van der Waals surface area contributed by atoms with Gasteiger partial charge >= 0.3 is 0 Å². The Morgan fingerprint density at radius 3 is 2.45 bits per heavy atom. The van der Waals surface area contributed by atoms with Crippen LogP contribution in [0.4, 0.5) is 4.39 Å². The number of hydrogen-bond donors (Lipinski definition) is 1. The van der Waals surface area contributed by atoms with Crippen LogP contribution >= 0.6 is 15.9 Å². The molecule has 0 amide bonds. The average Bonchev–Trinajstić information content (AvgIpc) is 2.92. The molecule has 0 spiro atoms. The minimum Gasteiger partial charge on any atom is -0.508 e. The Morgan fingerprint density at radius 2 is 1.75 bits per heavy atom. The SMILES string of the molecule is Oc1ccc(-c2noc(-c3ccc(Br)c(F)c3)n2)cc1. The highest BCUT2D eigenvalue weighted by molar-refractivity contribution is 9.10. The van der Waals surface area contributed by atoms with Gasteiger partial charge in [0, 0.05) is 11.1 Å². The normalized spacial score (nSPS) is 10.7. The molecule has 4 nitrogen and oxygen atoms in total. The van der Waals surface area contributed by atoms with E-state index in [2.05, 4.69) is 26.1 Å². The van der Waals surface area contributed by atoms with Gasteiger partial charge in [0.2, 0.25) is 5.82 Å². The second-order valence-electron chi connectivity index (χ2n) is 4.10. The van der Waals surface area contributed by atoms with Crippen molar-refractivity contribution in [3.63, 3.8) is 0 Å². The third-order valence-corrected chi connectivity index (χ3v) is 3.36. The monoisotopic (exact) mass is 334 g/mol. The summed E-state index contributed by atoms with van der Waals surface area (Å²) in [7, 11) is 0. The largest absolute Gasteiger partial charge is 0.508 e. The molecule has 3 aromatic rings. The van der Waals surface area contributed by atoms with Crippen molar-refractivity contribution in [3.05, 3.63) is 52.8 Å². The quantitative estimate of drug-likeness (QED) is 0.769. The summed E-state index contributed by atoms with van der Waals surface area (Å²) in [4.78, 5) is 4.21. The number of phenolic OH excluding ortho intramolecular Hbond substituents is 1. The van der Waals surface area contributed by atoms with Crippen LogP contribution < -0.4 is 0 Å². The smallest absolute Gasteiger partial charge is 0.258 e. The number of phenols is 1. The van der Waals surface area contributed by atoms with Crippen LogP contribution in [0.2, 0.25) is 0 Å². The number of halogens is 2. The molecule has 0 aliphatic carbocycles. The van der Waals surface area contributed by atoms with Crippen LogP contribution in [0.1, 0.15) is 0 Å². The van der Waals surface area contributed by atoms with E-state index in [1.54, 1.807) is 24.3 Å². The summed E-state index contributed by atoms with van der Waals surface area (Å²) in [5.41, 5.74) is 1.21. The highest BCUT2D eigenvalue weighted by atomic mass is 79.9. The molecular formula is C14H8BrFN2O2. The van der Waals surface area contributed by atoms with Crippen molar-refractivity contribution in [1.82, 2.24) is 10.1 Å². The van der Waals surface area contributed by atoms with Crippen LogP contribution in [0.5, 0.6) is 5.75 Å². The van der Waals surface area contributed by atoms with E-state index in [9.17, 15) is 9.50 Å². The first-order chi connectivity index (χ1) is 9.63. The molecule has 0 saturated carbocycles. The van der Waals surface area contributed by atoms with Gasteiger partial charge in [-0.1, -0.05) is 5.16 Å². The predicted octanol–water partition coefficient (Wildman–Crippen LogP) is 4.01. The van der Waals surface area contributed by atoms with Crippen LogP contribution in [0, 0.1) is 5.82 Å². The summed E-state index contributed by atoms with van der Waals surface area (Å²) in [6, 6.07) is 11.0. The Balaban J connectivity index is 1.97. The van der Waals surface area contributed by atoms with Gasteiger partial charge in [0.25, 0.3) is 5.89 Å². The molecule has 6 heteroatoms. The molecule has 1 aromatic heterocycles. The van der Waals surface area contributed by atoms with Crippen LogP contribution in [-0.2, 0) is 0 Å². The van der Waals surface area contributed by atoms with Crippen molar-refractivity contribution in [2.75, 3.05) is 0 Å². The third-order valence-electron chi connectivity index (χ3n) is 2.72. The standard InChI is InChI=1S/C14H8BrFN2O2/c15-11-6-3-9(7-12(11)16)14-17-13(18-20-14)8-1-4-10(19)5-2-8/h1-7,19H. The second-order valence-corrected chi connectivity index (χ2v) is 4.95. The summed E-state index contributed by atoms with van der Waals surface area (Å²) < 4.78 is 19.0.